The van der Waals surface area contributed by atoms with Gasteiger partial charge in [-0.1, -0.05) is 32.4 Å². The Balaban J connectivity index is 2.97. The molecule has 212 valence electrons. The Morgan fingerprint density at radius 2 is 1.53 bits per heavy atom. The van der Waals surface area contributed by atoms with Gasteiger partial charge < -0.3 is 43.4 Å². The minimum Gasteiger partial charge on any atom is -0.508 e. The van der Waals surface area contributed by atoms with E-state index in [-0.39, 0.29) is 18.6 Å². The highest BCUT2D eigenvalue weighted by Gasteiger charge is 2.33. The number of primary amides is 1. The molecule has 0 bridgehead atoms. The smallest absolute Gasteiger partial charge is 0.326 e. The van der Waals surface area contributed by atoms with Crippen LogP contribution in [0, 0.1) is 5.92 Å². The number of aromatic hydroxyl groups is 1. The van der Waals surface area contributed by atoms with Gasteiger partial charge in [0.05, 0.1) is 12.5 Å². The zero-order chi connectivity index (χ0) is 28.8. The molecule has 13 nitrogen and oxygen atoms in total. The molecule has 13 heteroatoms. The molecule has 0 aliphatic heterocycles. The first-order chi connectivity index (χ1) is 17.9. The van der Waals surface area contributed by atoms with Crippen molar-refractivity contribution in [1.82, 2.24) is 16.0 Å². The summed E-state index contributed by atoms with van der Waals surface area (Å²) in [6.45, 7) is 3.87. The standard InChI is InChI=1S/C25H40N6O7/c1-3-14(2)21(24(36)29-18(25(37)38)6-4-5-11-26)31-23(35)19(13-20(28)33)30-22(34)17(27)12-15-7-9-16(32)10-8-15/h7-10,14,17-19,21,32H,3-6,11-13,26-27H2,1-2H3,(H2,28,33)(H,29,36)(H,30,34)(H,31,35)(H,37,38). The summed E-state index contributed by atoms with van der Waals surface area (Å²) < 4.78 is 0. The number of nitrogens with one attached hydrogen (secondary N) is 3. The molecule has 38 heavy (non-hydrogen) atoms. The minimum absolute atomic E-state index is 0.0510. The molecule has 0 saturated carbocycles. The molecular weight excluding hydrogens is 496 g/mol. The molecule has 0 spiro atoms. The van der Waals surface area contributed by atoms with E-state index >= 15 is 0 Å². The molecule has 5 unspecified atom stereocenters. The third-order valence-electron chi connectivity index (χ3n) is 6.12. The SMILES string of the molecule is CCC(C)C(NC(=O)C(CC(N)=O)NC(=O)C(N)Cc1ccc(O)cc1)C(=O)NC(CCCCN)C(=O)O. The van der Waals surface area contributed by atoms with Crippen molar-refractivity contribution in [3.63, 3.8) is 0 Å². The average Bonchev–Trinajstić information content (AvgIpc) is 2.86. The van der Waals surface area contributed by atoms with E-state index in [4.69, 9.17) is 17.2 Å². The fraction of sp³-hybridized carbons (Fsp3) is 0.560. The predicted molar refractivity (Wildman–Crippen MR) is 139 cm³/mol. The molecule has 11 N–H and O–H groups in total. The van der Waals surface area contributed by atoms with Gasteiger partial charge in [-0.3, -0.25) is 19.2 Å². The van der Waals surface area contributed by atoms with Crippen LogP contribution in [0.3, 0.4) is 0 Å². The van der Waals surface area contributed by atoms with Crippen molar-refractivity contribution in [3.05, 3.63) is 29.8 Å². The van der Waals surface area contributed by atoms with Crippen LogP contribution in [0.25, 0.3) is 0 Å². The summed E-state index contributed by atoms with van der Waals surface area (Å²) >= 11 is 0. The van der Waals surface area contributed by atoms with Crippen LogP contribution in [0.1, 0.15) is 51.5 Å². The van der Waals surface area contributed by atoms with Gasteiger partial charge >= 0.3 is 5.97 Å². The summed E-state index contributed by atoms with van der Waals surface area (Å²) in [5.74, 6) is -4.71. The van der Waals surface area contributed by atoms with Gasteiger partial charge in [0.15, 0.2) is 0 Å². The lowest BCUT2D eigenvalue weighted by molar-refractivity contribution is -0.143. The molecule has 0 aliphatic carbocycles. The summed E-state index contributed by atoms with van der Waals surface area (Å²) in [4.78, 5) is 62.0. The molecule has 0 radical (unpaired) electrons. The molecule has 1 rings (SSSR count). The molecule has 4 amide bonds. The van der Waals surface area contributed by atoms with Crippen LogP contribution in [0.2, 0.25) is 0 Å². The first kappa shape index (κ1) is 32.3. The second-order valence-electron chi connectivity index (χ2n) is 9.26. The Morgan fingerprint density at radius 3 is 2.05 bits per heavy atom. The first-order valence-corrected chi connectivity index (χ1v) is 12.5. The van der Waals surface area contributed by atoms with Crippen molar-refractivity contribution in [1.29, 1.82) is 0 Å². The van der Waals surface area contributed by atoms with Crippen LogP contribution in [-0.2, 0) is 30.4 Å². The van der Waals surface area contributed by atoms with E-state index in [9.17, 15) is 34.2 Å². The first-order valence-electron chi connectivity index (χ1n) is 12.5. The zero-order valence-corrected chi connectivity index (χ0v) is 21.8. The summed E-state index contributed by atoms with van der Waals surface area (Å²) in [7, 11) is 0. The number of benzene rings is 1. The lowest BCUT2D eigenvalue weighted by Gasteiger charge is -2.28. The second kappa shape index (κ2) is 16.2. The zero-order valence-electron chi connectivity index (χ0n) is 21.8. The number of amides is 4. The predicted octanol–water partition coefficient (Wildman–Crippen LogP) is -1.15. The van der Waals surface area contributed by atoms with Gasteiger partial charge in [0.1, 0.15) is 23.9 Å². The highest BCUT2D eigenvalue weighted by Crippen LogP contribution is 2.12. The van der Waals surface area contributed by atoms with Crippen molar-refractivity contribution < 1.29 is 34.2 Å². The number of carbonyl (C=O) groups is 5. The molecular formula is C25H40N6O7. The van der Waals surface area contributed by atoms with Crippen molar-refractivity contribution in [2.75, 3.05) is 6.54 Å². The summed E-state index contributed by atoms with van der Waals surface area (Å²) in [5.41, 5.74) is 17.4. The number of carbonyl (C=O) groups excluding carboxylic acids is 4. The van der Waals surface area contributed by atoms with Gasteiger partial charge in [0, 0.05) is 0 Å². The lowest BCUT2D eigenvalue weighted by Crippen LogP contribution is -2.59. The van der Waals surface area contributed by atoms with Gasteiger partial charge in [0.25, 0.3) is 0 Å². The van der Waals surface area contributed by atoms with Crippen molar-refractivity contribution in [2.24, 2.45) is 23.1 Å². The number of unbranched alkanes of at least 4 members (excludes halogenated alkanes) is 1. The van der Waals surface area contributed by atoms with Crippen LogP contribution in [0.5, 0.6) is 5.75 Å². The number of carboxylic acids is 1. The Hall–Kier alpha value is -3.71. The molecule has 0 heterocycles. The number of hydrogen-bond donors (Lipinski definition) is 8. The van der Waals surface area contributed by atoms with Crippen LogP contribution < -0.4 is 33.2 Å². The summed E-state index contributed by atoms with van der Waals surface area (Å²) in [5, 5.41) is 26.3. The third kappa shape index (κ3) is 11.1. The minimum atomic E-state index is -1.41. The van der Waals surface area contributed by atoms with Gasteiger partial charge in [-0.25, -0.2) is 4.79 Å². The van der Waals surface area contributed by atoms with Gasteiger partial charge in [0.2, 0.25) is 23.6 Å². The van der Waals surface area contributed by atoms with Crippen LogP contribution >= 0.6 is 0 Å². The van der Waals surface area contributed by atoms with E-state index in [1.807, 2.05) is 0 Å². The number of nitrogens with two attached hydrogens (primary N) is 3. The van der Waals surface area contributed by atoms with E-state index < -0.39 is 66.1 Å². The molecule has 0 saturated heterocycles. The third-order valence-corrected chi connectivity index (χ3v) is 6.12. The van der Waals surface area contributed by atoms with Gasteiger partial charge in [-0.05, 0) is 55.8 Å². The second-order valence-corrected chi connectivity index (χ2v) is 9.26. The maximum absolute atomic E-state index is 13.1. The number of aliphatic carboxylic acids is 1. The monoisotopic (exact) mass is 536 g/mol. The van der Waals surface area contributed by atoms with E-state index in [0.29, 0.717) is 31.4 Å². The van der Waals surface area contributed by atoms with Gasteiger partial charge in [-0.15, -0.1) is 0 Å². The van der Waals surface area contributed by atoms with Gasteiger partial charge in [-0.2, -0.15) is 0 Å². The summed E-state index contributed by atoms with van der Waals surface area (Å²) in [6, 6.07) is 1.26. The van der Waals surface area contributed by atoms with Crippen LogP contribution in [0.4, 0.5) is 0 Å². The Kier molecular flexibility index (Phi) is 13.8. The van der Waals surface area contributed by atoms with Crippen molar-refractivity contribution in [3.8, 4) is 5.75 Å². The topological polar surface area (TPSA) is 240 Å². The highest BCUT2D eigenvalue weighted by atomic mass is 16.4. The lowest BCUT2D eigenvalue weighted by atomic mass is 9.96. The number of hydrogen-bond acceptors (Lipinski definition) is 8. The van der Waals surface area contributed by atoms with Crippen molar-refractivity contribution >= 4 is 29.6 Å². The van der Waals surface area contributed by atoms with Crippen LogP contribution in [0.15, 0.2) is 24.3 Å². The quantitative estimate of drug-likeness (QED) is 0.112. The van der Waals surface area contributed by atoms with Crippen molar-refractivity contribution in [2.45, 2.75) is 76.5 Å². The number of phenolic OH excluding ortho intramolecular Hbond substituents is 1. The highest BCUT2D eigenvalue weighted by molar-refractivity contribution is 5.96. The van der Waals surface area contributed by atoms with E-state index in [0.717, 1.165) is 0 Å². The number of rotatable bonds is 17. The number of carboxylic acid groups (broad SMARTS) is 1. The Morgan fingerprint density at radius 1 is 0.921 bits per heavy atom. The fourth-order valence-corrected chi connectivity index (χ4v) is 3.64. The van der Waals surface area contributed by atoms with E-state index in [1.165, 1.54) is 12.1 Å². The Labute approximate surface area is 221 Å². The maximum atomic E-state index is 13.1. The van der Waals surface area contributed by atoms with E-state index in [1.54, 1.807) is 26.0 Å². The van der Waals surface area contributed by atoms with E-state index in [2.05, 4.69) is 16.0 Å². The molecule has 1 aromatic carbocycles. The molecule has 0 aliphatic rings. The normalized spacial score (nSPS) is 14.8. The Bertz CT molecular complexity index is 956. The largest absolute Gasteiger partial charge is 0.508 e. The molecule has 5 atom stereocenters. The summed E-state index contributed by atoms with van der Waals surface area (Å²) in [6.07, 6.45) is 1.26. The maximum Gasteiger partial charge on any atom is 0.326 e. The molecule has 0 aromatic heterocycles. The molecule has 0 fully saturated rings. The fourth-order valence-electron chi connectivity index (χ4n) is 3.64. The number of phenols is 1. The van der Waals surface area contributed by atoms with Crippen LogP contribution in [-0.4, -0.2) is 70.5 Å². The molecule has 1 aromatic rings. The average molecular weight is 537 g/mol.